The monoisotopic (exact) mass is 219 g/mol. The van der Waals surface area contributed by atoms with Crippen molar-refractivity contribution in [3.05, 3.63) is 34.9 Å². The van der Waals surface area contributed by atoms with E-state index in [1.165, 1.54) is 24.7 Å². The minimum Gasteiger partial charge on any atom is -0.465 e. The van der Waals surface area contributed by atoms with Gasteiger partial charge in [-0.1, -0.05) is 6.07 Å². The highest BCUT2D eigenvalue weighted by atomic mass is 16.5. The molecule has 1 aromatic carbocycles. The Morgan fingerprint density at radius 2 is 2.38 bits per heavy atom. The Morgan fingerprint density at radius 1 is 1.56 bits per heavy atom. The zero-order chi connectivity index (χ0) is 11.5. The zero-order valence-electron chi connectivity index (χ0n) is 9.53. The van der Waals surface area contributed by atoms with Gasteiger partial charge in [-0.2, -0.15) is 0 Å². The van der Waals surface area contributed by atoms with E-state index in [4.69, 9.17) is 10.5 Å². The number of hydrogen-bond donors (Lipinski definition) is 1. The van der Waals surface area contributed by atoms with Crippen LogP contribution in [-0.4, -0.2) is 19.6 Å². The van der Waals surface area contributed by atoms with Crippen LogP contribution in [-0.2, 0) is 11.2 Å². The predicted molar refractivity (Wildman–Crippen MR) is 62.5 cm³/mol. The highest BCUT2D eigenvalue weighted by Gasteiger charge is 2.20. The predicted octanol–water partition coefficient (Wildman–Crippen LogP) is 1.85. The number of benzene rings is 1. The summed E-state index contributed by atoms with van der Waals surface area (Å²) in [7, 11) is 1.40. The van der Waals surface area contributed by atoms with E-state index >= 15 is 0 Å². The van der Waals surface area contributed by atoms with Crippen molar-refractivity contribution in [2.45, 2.75) is 25.2 Å². The third-order valence-corrected chi connectivity index (χ3v) is 3.29. The first-order chi connectivity index (χ1) is 7.76. The zero-order valence-corrected chi connectivity index (χ0v) is 9.53. The SMILES string of the molecule is COC(=O)c1ccc2c(c1)[C@@H](CN)CCC2. The fourth-order valence-electron chi connectivity index (χ4n) is 2.39. The Bertz CT molecular complexity index is 401. The number of esters is 1. The van der Waals surface area contributed by atoms with Gasteiger partial charge in [-0.15, -0.1) is 0 Å². The Labute approximate surface area is 95.6 Å². The molecule has 0 radical (unpaired) electrons. The van der Waals surface area contributed by atoms with Crippen LogP contribution >= 0.6 is 0 Å². The van der Waals surface area contributed by atoms with Gasteiger partial charge in [-0.3, -0.25) is 0 Å². The standard InChI is InChI=1S/C13H17NO2/c1-16-13(15)10-6-5-9-3-2-4-11(8-14)12(9)7-10/h5-7,11H,2-4,8,14H2,1H3/t11-/m1/s1. The van der Waals surface area contributed by atoms with Crippen molar-refractivity contribution in [3.8, 4) is 0 Å². The summed E-state index contributed by atoms with van der Waals surface area (Å²) in [6, 6.07) is 5.81. The lowest BCUT2D eigenvalue weighted by molar-refractivity contribution is 0.0600. The Hall–Kier alpha value is -1.35. The van der Waals surface area contributed by atoms with Gasteiger partial charge in [0.1, 0.15) is 0 Å². The average Bonchev–Trinajstić information content (AvgIpc) is 2.36. The van der Waals surface area contributed by atoms with Crippen LogP contribution in [0.5, 0.6) is 0 Å². The summed E-state index contributed by atoms with van der Waals surface area (Å²) in [6.45, 7) is 0.650. The van der Waals surface area contributed by atoms with Crippen molar-refractivity contribution in [1.82, 2.24) is 0 Å². The molecule has 0 bridgehead atoms. The van der Waals surface area contributed by atoms with Crippen LogP contribution < -0.4 is 5.73 Å². The molecule has 0 heterocycles. The fourth-order valence-corrected chi connectivity index (χ4v) is 2.39. The van der Waals surface area contributed by atoms with Crippen LogP contribution in [0.2, 0.25) is 0 Å². The van der Waals surface area contributed by atoms with Gasteiger partial charge in [-0.25, -0.2) is 4.79 Å². The number of aryl methyl sites for hydroxylation is 1. The molecule has 0 saturated carbocycles. The smallest absolute Gasteiger partial charge is 0.337 e. The van der Waals surface area contributed by atoms with E-state index in [1.807, 2.05) is 18.2 Å². The molecule has 0 unspecified atom stereocenters. The average molecular weight is 219 g/mol. The number of carbonyl (C=O) groups is 1. The molecular formula is C13H17NO2. The summed E-state index contributed by atoms with van der Waals surface area (Å²) in [6.07, 6.45) is 3.40. The van der Waals surface area contributed by atoms with Gasteiger partial charge in [0, 0.05) is 0 Å². The molecule has 0 saturated heterocycles. The second kappa shape index (κ2) is 4.66. The second-order valence-corrected chi connectivity index (χ2v) is 4.23. The molecule has 0 aliphatic heterocycles. The minimum absolute atomic E-state index is 0.274. The number of rotatable bonds is 2. The normalized spacial score (nSPS) is 19.0. The first-order valence-corrected chi connectivity index (χ1v) is 5.67. The van der Waals surface area contributed by atoms with E-state index in [0.29, 0.717) is 18.0 Å². The molecule has 1 aliphatic rings. The number of hydrogen-bond acceptors (Lipinski definition) is 3. The summed E-state index contributed by atoms with van der Waals surface area (Å²) >= 11 is 0. The van der Waals surface area contributed by atoms with Crippen LogP contribution in [0.15, 0.2) is 18.2 Å². The maximum absolute atomic E-state index is 11.4. The first kappa shape index (κ1) is 11.1. The molecule has 1 aliphatic carbocycles. The van der Waals surface area contributed by atoms with Crippen LogP contribution in [0.4, 0.5) is 0 Å². The van der Waals surface area contributed by atoms with Gasteiger partial charge in [-0.05, 0) is 55.0 Å². The van der Waals surface area contributed by atoms with Crippen LogP contribution in [0.3, 0.4) is 0 Å². The topological polar surface area (TPSA) is 52.3 Å². The van der Waals surface area contributed by atoms with Crippen molar-refractivity contribution >= 4 is 5.97 Å². The number of ether oxygens (including phenoxy) is 1. The lowest BCUT2D eigenvalue weighted by Crippen LogP contribution is -2.19. The van der Waals surface area contributed by atoms with E-state index in [1.54, 1.807) is 0 Å². The Balaban J connectivity index is 2.38. The van der Waals surface area contributed by atoms with Gasteiger partial charge in [0.15, 0.2) is 0 Å². The molecule has 0 spiro atoms. The highest BCUT2D eigenvalue weighted by Crippen LogP contribution is 2.31. The van der Waals surface area contributed by atoms with Crippen LogP contribution in [0.1, 0.15) is 40.2 Å². The quantitative estimate of drug-likeness (QED) is 0.772. The van der Waals surface area contributed by atoms with E-state index in [9.17, 15) is 4.79 Å². The third kappa shape index (κ3) is 1.95. The molecule has 2 N–H and O–H groups in total. The van der Waals surface area contributed by atoms with Crippen molar-refractivity contribution in [2.24, 2.45) is 5.73 Å². The Kier molecular flexibility index (Phi) is 3.25. The Morgan fingerprint density at radius 3 is 3.06 bits per heavy atom. The highest BCUT2D eigenvalue weighted by molar-refractivity contribution is 5.89. The maximum Gasteiger partial charge on any atom is 0.337 e. The molecule has 3 nitrogen and oxygen atoms in total. The molecule has 16 heavy (non-hydrogen) atoms. The lowest BCUT2D eigenvalue weighted by atomic mass is 9.82. The summed E-state index contributed by atoms with van der Waals surface area (Å²) in [5.41, 5.74) is 8.95. The number of methoxy groups -OCH3 is 1. The van der Waals surface area contributed by atoms with Crippen LogP contribution in [0.25, 0.3) is 0 Å². The van der Waals surface area contributed by atoms with E-state index in [0.717, 1.165) is 12.8 Å². The maximum atomic E-state index is 11.4. The summed E-state index contributed by atoms with van der Waals surface area (Å²) in [5, 5.41) is 0. The lowest BCUT2D eigenvalue weighted by Gasteiger charge is -2.24. The summed E-state index contributed by atoms with van der Waals surface area (Å²) in [5.74, 6) is 0.123. The summed E-state index contributed by atoms with van der Waals surface area (Å²) < 4.78 is 4.73. The fraction of sp³-hybridized carbons (Fsp3) is 0.462. The third-order valence-electron chi connectivity index (χ3n) is 3.29. The number of carbonyl (C=O) groups excluding carboxylic acids is 1. The number of fused-ring (bicyclic) bond motifs is 1. The van der Waals surface area contributed by atoms with Crippen molar-refractivity contribution in [1.29, 1.82) is 0 Å². The minimum atomic E-state index is -0.274. The number of nitrogens with two attached hydrogens (primary N) is 1. The van der Waals surface area contributed by atoms with Gasteiger partial charge >= 0.3 is 5.97 Å². The molecular weight excluding hydrogens is 202 g/mol. The van der Waals surface area contributed by atoms with E-state index < -0.39 is 0 Å². The molecule has 1 aromatic rings. The molecule has 0 aromatic heterocycles. The molecule has 0 amide bonds. The first-order valence-electron chi connectivity index (χ1n) is 5.67. The summed E-state index contributed by atoms with van der Waals surface area (Å²) in [4.78, 5) is 11.4. The second-order valence-electron chi connectivity index (χ2n) is 4.23. The van der Waals surface area contributed by atoms with Crippen molar-refractivity contribution in [2.75, 3.05) is 13.7 Å². The molecule has 86 valence electrons. The molecule has 3 heteroatoms. The molecule has 1 atom stereocenters. The van der Waals surface area contributed by atoms with Gasteiger partial charge in [0.2, 0.25) is 0 Å². The van der Waals surface area contributed by atoms with Crippen LogP contribution in [0, 0.1) is 0 Å². The molecule has 0 fully saturated rings. The van der Waals surface area contributed by atoms with Gasteiger partial charge in [0.05, 0.1) is 12.7 Å². The van der Waals surface area contributed by atoms with Gasteiger partial charge in [0.25, 0.3) is 0 Å². The van der Waals surface area contributed by atoms with Gasteiger partial charge < -0.3 is 10.5 Å². The molecule has 2 rings (SSSR count). The van der Waals surface area contributed by atoms with E-state index in [-0.39, 0.29) is 5.97 Å². The van der Waals surface area contributed by atoms with Crippen molar-refractivity contribution in [3.63, 3.8) is 0 Å². The largest absolute Gasteiger partial charge is 0.465 e. The van der Waals surface area contributed by atoms with Crippen molar-refractivity contribution < 1.29 is 9.53 Å². The van der Waals surface area contributed by atoms with E-state index in [2.05, 4.69) is 0 Å².